The highest BCUT2D eigenvalue weighted by Crippen LogP contribution is 2.48. The minimum atomic E-state index is -0.694. The number of rotatable bonds is 7. The predicted octanol–water partition coefficient (Wildman–Crippen LogP) is 7.31. The number of aryl methyl sites for hydroxylation is 1. The molecule has 1 aliphatic heterocycles. The first-order chi connectivity index (χ1) is 19.2. The van der Waals surface area contributed by atoms with Crippen LogP contribution in [0.25, 0.3) is 17.4 Å². The van der Waals surface area contributed by atoms with Crippen LogP contribution in [0.4, 0.5) is 0 Å². The zero-order valence-corrected chi connectivity index (χ0v) is 23.3. The number of furan rings is 1. The van der Waals surface area contributed by atoms with Gasteiger partial charge in [0.25, 0.3) is 0 Å². The summed E-state index contributed by atoms with van der Waals surface area (Å²) in [6.07, 6.45) is 4.14. The largest absolute Gasteiger partial charge is 0.463 e. The van der Waals surface area contributed by atoms with Gasteiger partial charge >= 0.3 is 5.97 Å². The van der Waals surface area contributed by atoms with Crippen LogP contribution in [-0.4, -0.2) is 24.6 Å². The summed E-state index contributed by atoms with van der Waals surface area (Å²) in [6, 6.07) is 17.0. The summed E-state index contributed by atoms with van der Waals surface area (Å²) < 4.78 is 17.6. The zero-order valence-electron chi connectivity index (χ0n) is 23.3. The van der Waals surface area contributed by atoms with Gasteiger partial charge in [-0.05, 0) is 73.2 Å². The van der Waals surface area contributed by atoms with Crippen LogP contribution in [0, 0.1) is 12.8 Å². The number of benzene rings is 2. The standard InChI is InChI=1S/C34H32O6/c1-6-38-34(37)30-21(5)15-28-32(31(30)24-11-9-23(10-12-24)19(2)3)33(36)29(40-28)17-25-13-14-27(39-25)26-16-22(18-35)8-7-20(26)4/h7-19,31-32H,6H2,1-5H3/b29-17-. The number of ketones is 1. The van der Waals surface area contributed by atoms with Crippen LogP contribution in [0.2, 0.25) is 0 Å². The van der Waals surface area contributed by atoms with Crippen LogP contribution in [0.1, 0.15) is 72.3 Å². The third-order valence-corrected chi connectivity index (χ3v) is 7.51. The molecule has 2 unspecified atom stereocenters. The highest BCUT2D eigenvalue weighted by Gasteiger charge is 2.48. The summed E-state index contributed by atoms with van der Waals surface area (Å²) in [5.74, 6) is 0.143. The van der Waals surface area contributed by atoms with E-state index in [0.29, 0.717) is 39.9 Å². The molecule has 2 aromatic carbocycles. The smallest absolute Gasteiger partial charge is 0.334 e. The molecule has 1 aliphatic carbocycles. The third-order valence-electron chi connectivity index (χ3n) is 7.51. The molecule has 3 aromatic rings. The van der Waals surface area contributed by atoms with Gasteiger partial charge in [-0.2, -0.15) is 0 Å². The van der Waals surface area contributed by atoms with E-state index in [9.17, 15) is 14.4 Å². The molecule has 0 amide bonds. The van der Waals surface area contributed by atoms with Crippen LogP contribution < -0.4 is 0 Å². The Morgan fingerprint density at radius 3 is 2.45 bits per heavy atom. The van der Waals surface area contributed by atoms with Crippen molar-refractivity contribution in [3.8, 4) is 11.3 Å². The Morgan fingerprint density at radius 2 is 1.77 bits per heavy atom. The Balaban J connectivity index is 1.52. The van der Waals surface area contributed by atoms with Gasteiger partial charge in [-0.25, -0.2) is 4.79 Å². The fourth-order valence-electron chi connectivity index (χ4n) is 5.39. The van der Waals surface area contributed by atoms with Crippen molar-refractivity contribution < 1.29 is 28.3 Å². The Hall–Kier alpha value is -4.45. The second kappa shape index (κ2) is 11.0. The molecule has 1 fully saturated rings. The number of carbonyl (C=O) groups excluding carboxylic acids is 3. The highest BCUT2D eigenvalue weighted by molar-refractivity contribution is 6.06. The van der Waals surface area contributed by atoms with Crippen molar-refractivity contribution in [1.82, 2.24) is 0 Å². The normalized spacial score (nSPS) is 19.5. The molecular formula is C34H32O6. The maximum absolute atomic E-state index is 13.9. The van der Waals surface area contributed by atoms with Crippen molar-refractivity contribution in [2.75, 3.05) is 6.61 Å². The first-order valence-electron chi connectivity index (χ1n) is 13.5. The molecular weight excluding hydrogens is 504 g/mol. The Morgan fingerprint density at radius 1 is 1.02 bits per heavy atom. The minimum Gasteiger partial charge on any atom is -0.463 e. The summed E-state index contributed by atoms with van der Waals surface area (Å²) in [5, 5.41) is 0. The van der Waals surface area contributed by atoms with Gasteiger partial charge in [0.05, 0.1) is 12.5 Å². The zero-order chi connectivity index (χ0) is 28.6. The quantitative estimate of drug-likeness (QED) is 0.179. The lowest BCUT2D eigenvalue weighted by atomic mass is 9.73. The monoisotopic (exact) mass is 536 g/mol. The number of aldehydes is 1. The van der Waals surface area contributed by atoms with Gasteiger partial charge in [0.15, 0.2) is 5.76 Å². The van der Waals surface area contributed by atoms with Crippen molar-refractivity contribution in [3.63, 3.8) is 0 Å². The van der Waals surface area contributed by atoms with E-state index in [1.165, 1.54) is 5.56 Å². The molecule has 204 valence electrons. The lowest BCUT2D eigenvalue weighted by Crippen LogP contribution is -2.28. The van der Waals surface area contributed by atoms with Gasteiger partial charge in [-0.3, -0.25) is 9.59 Å². The predicted molar refractivity (Wildman–Crippen MR) is 153 cm³/mol. The van der Waals surface area contributed by atoms with Crippen LogP contribution in [0.15, 0.2) is 87.8 Å². The van der Waals surface area contributed by atoms with Crippen molar-refractivity contribution in [2.45, 2.75) is 46.5 Å². The van der Waals surface area contributed by atoms with E-state index in [-0.39, 0.29) is 18.1 Å². The maximum atomic E-state index is 13.9. The number of allylic oxidation sites excluding steroid dienone is 4. The molecule has 40 heavy (non-hydrogen) atoms. The van der Waals surface area contributed by atoms with Gasteiger partial charge in [-0.1, -0.05) is 50.2 Å². The van der Waals surface area contributed by atoms with Crippen LogP contribution >= 0.6 is 0 Å². The van der Waals surface area contributed by atoms with Crippen molar-refractivity contribution in [2.24, 2.45) is 5.92 Å². The lowest BCUT2D eigenvalue weighted by Gasteiger charge is -2.29. The number of hydrogen-bond donors (Lipinski definition) is 0. The number of ether oxygens (including phenoxy) is 2. The maximum Gasteiger partial charge on any atom is 0.334 e. The Kier molecular flexibility index (Phi) is 7.44. The highest BCUT2D eigenvalue weighted by atomic mass is 16.5. The summed E-state index contributed by atoms with van der Waals surface area (Å²) in [6.45, 7) is 10.0. The van der Waals surface area contributed by atoms with Crippen molar-refractivity contribution in [1.29, 1.82) is 0 Å². The van der Waals surface area contributed by atoms with E-state index in [1.54, 1.807) is 43.3 Å². The molecule has 0 N–H and O–H groups in total. The average Bonchev–Trinajstić information content (AvgIpc) is 3.52. The SMILES string of the molecule is CCOC(=O)C1=C(C)C=C2O/C(=C\c3ccc(-c4cc(C=O)ccc4C)o3)C(=O)C2C1c1ccc(C(C)C)cc1. The van der Waals surface area contributed by atoms with Gasteiger partial charge in [0.1, 0.15) is 23.6 Å². The molecule has 5 rings (SSSR count). The van der Waals surface area contributed by atoms with Gasteiger partial charge in [0.2, 0.25) is 5.78 Å². The number of Topliss-reactive ketones (excluding diaryl/α,β-unsaturated/α-hetero) is 1. The van der Waals surface area contributed by atoms with E-state index < -0.39 is 17.8 Å². The van der Waals surface area contributed by atoms with E-state index in [0.717, 1.165) is 23.0 Å². The molecule has 2 atom stereocenters. The molecule has 0 spiro atoms. The summed E-state index contributed by atoms with van der Waals surface area (Å²) in [7, 11) is 0. The lowest BCUT2D eigenvalue weighted by molar-refractivity contribution is -0.139. The van der Waals surface area contributed by atoms with Crippen molar-refractivity contribution >= 4 is 24.1 Å². The van der Waals surface area contributed by atoms with Crippen LogP contribution in [0.3, 0.4) is 0 Å². The summed E-state index contributed by atoms with van der Waals surface area (Å²) in [4.78, 5) is 38.3. The fourth-order valence-corrected chi connectivity index (χ4v) is 5.39. The first-order valence-corrected chi connectivity index (χ1v) is 13.5. The number of esters is 1. The third kappa shape index (κ3) is 4.97. The second-order valence-corrected chi connectivity index (χ2v) is 10.5. The van der Waals surface area contributed by atoms with Gasteiger partial charge in [-0.15, -0.1) is 0 Å². The second-order valence-electron chi connectivity index (χ2n) is 10.5. The Bertz CT molecular complexity index is 1580. The first kappa shape index (κ1) is 27.1. The van der Waals surface area contributed by atoms with Crippen molar-refractivity contribution in [3.05, 3.63) is 111 Å². The number of carbonyl (C=O) groups is 3. The number of hydrogen-bond acceptors (Lipinski definition) is 6. The van der Waals surface area contributed by atoms with Crippen LogP contribution in [-0.2, 0) is 19.1 Å². The summed E-state index contributed by atoms with van der Waals surface area (Å²) >= 11 is 0. The number of fused-ring (bicyclic) bond motifs is 1. The topological polar surface area (TPSA) is 82.8 Å². The minimum absolute atomic E-state index is 0.150. The fraction of sp³-hybridized carbons (Fsp3) is 0.265. The summed E-state index contributed by atoms with van der Waals surface area (Å²) in [5.41, 5.74) is 5.52. The molecule has 2 aliphatic rings. The Labute approximate surface area is 234 Å². The molecule has 6 nitrogen and oxygen atoms in total. The van der Waals surface area contributed by atoms with E-state index in [2.05, 4.69) is 13.8 Å². The molecule has 6 heteroatoms. The molecule has 1 aromatic heterocycles. The van der Waals surface area contributed by atoms with E-state index in [4.69, 9.17) is 13.9 Å². The van der Waals surface area contributed by atoms with Gasteiger partial charge in [0, 0.05) is 28.7 Å². The molecule has 0 bridgehead atoms. The molecule has 0 radical (unpaired) electrons. The molecule has 0 saturated carbocycles. The van der Waals surface area contributed by atoms with Crippen LogP contribution in [0.5, 0.6) is 0 Å². The average molecular weight is 537 g/mol. The molecule has 1 saturated heterocycles. The van der Waals surface area contributed by atoms with Gasteiger partial charge < -0.3 is 13.9 Å². The van der Waals surface area contributed by atoms with E-state index in [1.807, 2.05) is 44.2 Å². The van der Waals surface area contributed by atoms with E-state index >= 15 is 0 Å². The molecule has 2 heterocycles.